The average Bonchev–Trinajstić information content (AvgIpc) is 3.40. The van der Waals surface area contributed by atoms with E-state index in [-0.39, 0.29) is 19.0 Å². The number of amides is 2. The number of aliphatic hydroxyl groups excluding tert-OH is 1. The smallest absolute Gasteiger partial charge is 0.417 e. The van der Waals surface area contributed by atoms with Crippen molar-refractivity contribution in [3.05, 3.63) is 58.0 Å². The highest BCUT2D eigenvalue weighted by Gasteiger charge is 2.45. The van der Waals surface area contributed by atoms with Gasteiger partial charge in [-0.15, -0.1) is 0 Å². The largest absolute Gasteiger partial charge is 0.461 e. The number of hydrogen-bond donors (Lipinski definition) is 1. The van der Waals surface area contributed by atoms with Gasteiger partial charge in [-0.05, 0) is 46.8 Å². The van der Waals surface area contributed by atoms with Crippen molar-refractivity contribution in [2.75, 3.05) is 20.3 Å². The van der Waals surface area contributed by atoms with E-state index in [2.05, 4.69) is 15.9 Å². The third-order valence-electron chi connectivity index (χ3n) is 5.95. The van der Waals surface area contributed by atoms with Crippen molar-refractivity contribution in [3.63, 3.8) is 0 Å². The fourth-order valence-electron chi connectivity index (χ4n) is 4.19. The van der Waals surface area contributed by atoms with Gasteiger partial charge in [-0.3, -0.25) is 9.59 Å². The summed E-state index contributed by atoms with van der Waals surface area (Å²) in [5.41, 5.74) is 0.947. The van der Waals surface area contributed by atoms with Gasteiger partial charge in [0.25, 0.3) is 5.91 Å². The van der Waals surface area contributed by atoms with E-state index in [0.717, 1.165) is 36.1 Å². The molecule has 36 heavy (non-hydrogen) atoms. The van der Waals surface area contributed by atoms with Crippen LogP contribution in [0.3, 0.4) is 0 Å². The summed E-state index contributed by atoms with van der Waals surface area (Å²) in [6.07, 6.45) is 1.18. The Balaban J connectivity index is 1.80. The first-order chi connectivity index (χ1) is 17.3. The Hall–Kier alpha value is -2.69. The lowest BCUT2D eigenvalue weighted by molar-refractivity contribution is -0.164. The van der Waals surface area contributed by atoms with Gasteiger partial charge in [0.05, 0.1) is 10.5 Å². The standard InChI is InChI=1S/C26H32BrNO8/c1-17(30)35-23(22-15-20(27)21(36-22)12-8-3-4-9-13-29)24(33-2)25(31)28-19(16-34-26(28)32)14-18-10-6-5-7-11-18/h5-7,10-11,15,19,23-24,29H,3-4,8-9,12-14,16H2,1-2H3/t19-,23+,24-/m1/s1. The third-order valence-corrected chi connectivity index (χ3v) is 6.62. The maximum absolute atomic E-state index is 13.6. The molecular formula is C26H32BrNO8. The van der Waals surface area contributed by atoms with Gasteiger partial charge in [0, 0.05) is 27.1 Å². The van der Waals surface area contributed by atoms with Crippen LogP contribution in [0.1, 0.15) is 55.8 Å². The monoisotopic (exact) mass is 565 g/mol. The first-order valence-electron chi connectivity index (χ1n) is 12.0. The van der Waals surface area contributed by atoms with Crippen molar-refractivity contribution in [1.29, 1.82) is 0 Å². The molecule has 0 spiro atoms. The molecule has 0 radical (unpaired) electrons. The number of furan rings is 1. The molecule has 1 aliphatic rings. The maximum atomic E-state index is 13.6. The number of rotatable bonds is 13. The van der Waals surface area contributed by atoms with Gasteiger partial charge in [-0.1, -0.05) is 43.2 Å². The Morgan fingerprint density at radius 3 is 2.58 bits per heavy atom. The van der Waals surface area contributed by atoms with E-state index in [1.165, 1.54) is 14.0 Å². The van der Waals surface area contributed by atoms with E-state index in [4.69, 9.17) is 23.7 Å². The molecule has 9 nitrogen and oxygen atoms in total. The van der Waals surface area contributed by atoms with Crippen LogP contribution in [0.5, 0.6) is 0 Å². The van der Waals surface area contributed by atoms with Crippen molar-refractivity contribution in [2.24, 2.45) is 0 Å². The molecule has 2 heterocycles. The first kappa shape index (κ1) is 27.9. The minimum atomic E-state index is -1.33. The summed E-state index contributed by atoms with van der Waals surface area (Å²) < 4.78 is 22.8. The lowest BCUT2D eigenvalue weighted by Gasteiger charge is -2.28. The van der Waals surface area contributed by atoms with Crippen molar-refractivity contribution in [3.8, 4) is 0 Å². The van der Waals surface area contributed by atoms with Crippen molar-refractivity contribution >= 4 is 33.9 Å². The van der Waals surface area contributed by atoms with Crippen LogP contribution in [0.4, 0.5) is 4.79 Å². The molecule has 2 amide bonds. The number of esters is 1. The fourth-order valence-corrected chi connectivity index (χ4v) is 4.70. The number of halogens is 1. The minimum absolute atomic E-state index is 0.0564. The highest BCUT2D eigenvalue weighted by molar-refractivity contribution is 9.10. The van der Waals surface area contributed by atoms with Crippen LogP contribution in [0.2, 0.25) is 0 Å². The molecule has 1 saturated heterocycles. The summed E-state index contributed by atoms with van der Waals surface area (Å²) in [4.78, 5) is 39.1. The molecule has 1 aliphatic heterocycles. The molecule has 10 heteroatoms. The number of carbonyl (C=O) groups is 3. The first-order valence-corrected chi connectivity index (χ1v) is 12.8. The molecule has 0 bridgehead atoms. The zero-order valence-electron chi connectivity index (χ0n) is 20.5. The second-order valence-electron chi connectivity index (χ2n) is 8.62. The molecule has 1 aromatic carbocycles. The molecule has 1 aromatic heterocycles. The second-order valence-corrected chi connectivity index (χ2v) is 9.48. The second kappa shape index (κ2) is 13.6. The number of cyclic esters (lactones) is 1. The lowest BCUT2D eigenvalue weighted by Crippen LogP contribution is -2.48. The summed E-state index contributed by atoms with van der Waals surface area (Å²) in [5, 5.41) is 8.93. The molecule has 2 aromatic rings. The molecule has 0 unspecified atom stereocenters. The van der Waals surface area contributed by atoms with E-state index in [9.17, 15) is 14.4 Å². The average molecular weight is 566 g/mol. The van der Waals surface area contributed by atoms with Gasteiger partial charge in [-0.25, -0.2) is 9.69 Å². The number of aryl methyl sites for hydroxylation is 1. The van der Waals surface area contributed by atoms with Crippen molar-refractivity contribution in [1.82, 2.24) is 4.90 Å². The van der Waals surface area contributed by atoms with Crippen LogP contribution in [0.25, 0.3) is 0 Å². The van der Waals surface area contributed by atoms with Gasteiger partial charge >= 0.3 is 12.1 Å². The van der Waals surface area contributed by atoms with Gasteiger partial charge in [0.1, 0.15) is 18.1 Å². The normalized spacial score (nSPS) is 17.1. The number of imide groups is 1. The number of nitrogens with zero attached hydrogens (tertiary/aromatic N) is 1. The van der Waals surface area contributed by atoms with E-state index in [1.807, 2.05) is 30.3 Å². The van der Waals surface area contributed by atoms with E-state index in [0.29, 0.717) is 23.1 Å². The molecule has 3 atom stereocenters. The van der Waals surface area contributed by atoms with Gasteiger partial charge in [0.2, 0.25) is 0 Å². The number of carbonyl (C=O) groups excluding carboxylic acids is 3. The number of aliphatic hydroxyl groups is 1. The molecule has 1 fully saturated rings. The van der Waals surface area contributed by atoms with Crippen LogP contribution in [-0.4, -0.2) is 60.4 Å². The third kappa shape index (κ3) is 7.18. The zero-order chi connectivity index (χ0) is 26.1. The SMILES string of the molecule is CO[C@@H](C(=O)N1C(=O)OC[C@H]1Cc1ccccc1)[C@@H](OC(C)=O)c1cc(Br)c(CCCCCCO)o1. The Kier molecular flexibility index (Phi) is 10.5. The molecule has 3 rings (SSSR count). The van der Waals surface area contributed by atoms with Crippen LogP contribution in [-0.2, 0) is 36.6 Å². The highest BCUT2D eigenvalue weighted by atomic mass is 79.9. The van der Waals surface area contributed by atoms with E-state index in [1.54, 1.807) is 6.07 Å². The molecule has 1 N–H and O–H groups in total. The number of methoxy groups -OCH3 is 1. The van der Waals surface area contributed by atoms with E-state index >= 15 is 0 Å². The molecular weight excluding hydrogens is 534 g/mol. The minimum Gasteiger partial charge on any atom is -0.461 e. The summed E-state index contributed by atoms with van der Waals surface area (Å²) >= 11 is 3.48. The summed E-state index contributed by atoms with van der Waals surface area (Å²) in [7, 11) is 1.31. The van der Waals surface area contributed by atoms with E-state index < -0.39 is 36.2 Å². The summed E-state index contributed by atoms with van der Waals surface area (Å²) in [6.45, 7) is 1.45. The molecule has 0 saturated carbocycles. The number of unbranched alkanes of at least 4 members (excludes halogenated alkanes) is 3. The van der Waals surface area contributed by atoms with Crippen LogP contribution in [0, 0.1) is 0 Å². The number of ether oxygens (including phenoxy) is 3. The van der Waals surface area contributed by atoms with Crippen LogP contribution < -0.4 is 0 Å². The molecule has 0 aliphatic carbocycles. The number of benzene rings is 1. The quantitative estimate of drug-likeness (QED) is 0.281. The summed E-state index contributed by atoms with van der Waals surface area (Å²) in [6, 6.07) is 10.6. The predicted molar refractivity (Wildman–Crippen MR) is 133 cm³/mol. The Labute approximate surface area is 218 Å². The lowest BCUT2D eigenvalue weighted by atomic mass is 10.0. The summed E-state index contributed by atoms with van der Waals surface area (Å²) in [5.74, 6) is -0.422. The van der Waals surface area contributed by atoms with Crippen molar-refractivity contribution in [2.45, 2.75) is 63.7 Å². The Bertz CT molecular complexity index is 1020. The van der Waals surface area contributed by atoms with Crippen LogP contribution in [0.15, 0.2) is 45.3 Å². The van der Waals surface area contributed by atoms with Gasteiger partial charge in [0.15, 0.2) is 12.2 Å². The maximum Gasteiger partial charge on any atom is 0.417 e. The zero-order valence-corrected chi connectivity index (χ0v) is 22.1. The van der Waals surface area contributed by atoms with Gasteiger partial charge < -0.3 is 23.7 Å². The fraction of sp³-hybridized carbons (Fsp3) is 0.500. The Morgan fingerprint density at radius 1 is 1.19 bits per heavy atom. The van der Waals surface area contributed by atoms with Gasteiger partial charge in [-0.2, -0.15) is 0 Å². The highest BCUT2D eigenvalue weighted by Crippen LogP contribution is 2.33. The topological polar surface area (TPSA) is 116 Å². The predicted octanol–water partition coefficient (Wildman–Crippen LogP) is 4.35. The van der Waals surface area contributed by atoms with Crippen molar-refractivity contribution < 1.29 is 38.1 Å². The molecule has 196 valence electrons. The number of hydrogen-bond acceptors (Lipinski definition) is 8. The Morgan fingerprint density at radius 2 is 1.92 bits per heavy atom. The van der Waals surface area contributed by atoms with Crippen LogP contribution >= 0.6 is 15.9 Å².